The molecule has 0 aliphatic carbocycles. The van der Waals surface area contributed by atoms with Crippen molar-refractivity contribution in [2.75, 3.05) is 66.8 Å². The van der Waals surface area contributed by atoms with E-state index in [4.69, 9.17) is 14.2 Å². The van der Waals surface area contributed by atoms with E-state index in [1.54, 1.807) is 7.11 Å². The maximum absolute atomic E-state index is 5.98. The molecule has 0 saturated carbocycles. The molecule has 0 unspecified atom stereocenters. The molecule has 1 aromatic carbocycles. The number of nitrogens with zero attached hydrogens (tertiary/aromatic N) is 3. The summed E-state index contributed by atoms with van der Waals surface area (Å²) in [5.41, 5.74) is 2.71. The first-order chi connectivity index (χ1) is 14.8. The van der Waals surface area contributed by atoms with Gasteiger partial charge in [-0.15, -0.1) is 0 Å². The fraction of sp³-hybridized carbons (Fsp3) is 0.696. The number of benzene rings is 1. The standard InChI is InChI=1S/C23H38N4O3/c1-24-23(27-10-8-22(9-11-27)30-15-5-14-28-2)25-18-20-6-3-4-7-21(20)19-26-12-16-29-17-13-26/h3-4,6-7,22H,5,8-19H2,1-2H3,(H,24,25). The minimum atomic E-state index is 0.352. The molecule has 0 aromatic heterocycles. The third-order valence-corrected chi connectivity index (χ3v) is 5.85. The van der Waals surface area contributed by atoms with Gasteiger partial charge in [-0.25, -0.2) is 0 Å². The first kappa shape index (κ1) is 23.0. The van der Waals surface area contributed by atoms with Gasteiger partial charge in [0.1, 0.15) is 0 Å². The van der Waals surface area contributed by atoms with Crippen molar-refractivity contribution in [3.63, 3.8) is 0 Å². The Morgan fingerprint density at radius 1 is 1.10 bits per heavy atom. The average Bonchev–Trinajstić information content (AvgIpc) is 2.80. The number of hydrogen-bond donors (Lipinski definition) is 1. The molecule has 168 valence electrons. The Labute approximate surface area is 181 Å². The average molecular weight is 419 g/mol. The molecule has 7 heteroatoms. The van der Waals surface area contributed by atoms with Crippen LogP contribution in [0.25, 0.3) is 0 Å². The molecule has 2 saturated heterocycles. The second-order valence-corrected chi connectivity index (χ2v) is 7.96. The maximum Gasteiger partial charge on any atom is 0.193 e. The molecule has 0 spiro atoms. The highest BCUT2D eigenvalue weighted by atomic mass is 16.5. The normalized spacial score (nSPS) is 19.3. The monoisotopic (exact) mass is 418 g/mol. The molecular formula is C23H38N4O3. The minimum absolute atomic E-state index is 0.352. The summed E-state index contributed by atoms with van der Waals surface area (Å²) in [6.07, 6.45) is 3.40. The topological polar surface area (TPSA) is 58.6 Å². The van der Waals surface area contributed by atoms with Crippen molar-refractivity contribution in [1.82, 2.24) is 15.1 Å². The van der Waals surface area contributed by atoms with Gasteiger partial charge in [-0.05, 0) is 30.4 Å². The van der Waals surface area contributed by atoms with Crippen LogP contribution in [0.2, 0.25) is 0 Å². The highest BCUT2D eigenvalue weighted by molar-refractivity contribution is 5.80. The van der Waals surface area contributed by atoms with Crippen LogP contribution >= 0.6 is 0 Å². The van der Waals surface area contributed by atoms with E-state index < -0.39 is 0 Å². The van der Waals surface area contributed by atoms with E-state index in [0.717, 1.165) is 90.9 Å². The van der Waals surface area contributed by atoms with Crippen molar-refractivity contribution in [2.45, 2.75) is 38.5 Å². The van der Waals surface area contributed by atoms with Gasteiger partial charge in [-0.3, -0.25) is 9.89 Å². The van der Waals surface area contributed by atoms with E-state index in [1.165, 1.54) is 11.1 Å². The fourth-order valence-electron chi connectivity index (χ4n) is 4.08. The molecule has 7 nitrogen and oxygen atoms in total. The summed E-state index contributed by atoms with van der Waals surface area (Å²) in [4.78, 5) is 9.34. The number of aliphatic imine (C=N–C) groups is 1. The van der Waals surface area contributed by atoms with Crippen LogP contribution in [0.4, 0.5) is 0 Å². The number of ether oxygens (including phenoxy) is 3. The Morgan fingerprint density at radius 2 is 1.83 bits per heavy atom. The quantitative estimate of drug-likeness (QED) is 0.377. The molecular weight excluding hydrogens is 380 g/mol. The van der Waals surface area contributed by atoms with E-state index in [-0.39, 0.29) is 0 Å². The van der Waals surface area contributed by atoms with E-state index in [1.807, 2.05) is 7.05 Å². The summed E-state index contributed by atoms with van der Waals surface area (Å²) in [5, 5.41) is 3.58. The van der Waals surface area contributed by atoms with Crippen LogP contribution in [0.15, 0.2) is 29.3 Å². The van der Waals surface area contributed by atoms with Gasteiger partial charge in [0.05, 0.1) is 19.3 Å². The van der Waals surface area contributed by atoms with Crippen LogP contribution in [0.1, 0.15) is 30.4 Å². The number of morpholine rings is 1. The number of guanidine groups is 1. The second kappa shape index (κ2) is 12.9. The van der Waals surface area contributed by atoms with Gasteiger partial charge in [0.25, 0.3) is 0 Å². The van der Waals surface area contributed by atoms with Gasteiger partial charge in [-0.2, -0.15) is 0 Å². The summed E-state index contributed by atoms with van der Waals surface area (Å²) >= 11 is 0. The van der Waals surface area contributed by atoms with Crippen molar-refractivity contribution in [3.8, 4) is 0 Å². The number of rotatable bonds is 9. The molecule has 3 rings (SSSR count). The van der Waals surface area contributed by atoms with E-state index >= 15 is 0 Å². The Kier molecular flexibility index (Phi) is 9.89. The van der Waals surface area contributed by atoms with Crippen LogP contribution < -0.4 is 5.32 Å². The molecule has 2 heterocycles. The Morgan fingerprint density at radius 3 is 2.53 bits per heavy atom. The summed E-state index contributed by atoms with van der Waals surface area (Å²) in [7, 11) is 3.60. The minimum Gasteiger partial charge on any atom is -0.385 e. The van der Waals surface area contributed by atoms with Gasteiger partial charge in [-0.1, -0.05) is 24.3 Å². The predicted octanol–water partition coefficient (Wildman–Crippen LogP) is 2.11. The number of likely N-dealkylation sites (tertiary alicyclic amines) is 1. The van der Waals surface area contributed by atoms with E-state index in [2.05, 4.69) is 44.4 Å². The number of hydrogen-bond acceptors (Lipinski definition) is 5. The van der Waals surface area contributed by atoms with Gasteiger partial charge >= 0.3 is 0 Å². The molecule has 30 heavy (non-hydrogen) atoms. The lowest BCUT2D eigenvalue weighted by Crippen LogP contribution is -2.46. The van der Waals surface area contributed by atoms with Gasteiger partial charge in [0, 0.05) is 66.6 Å². The smallest absolute Gasteiger partial charge is 0.193 e. The zero-order valence-corrected chi connectivity index (χ0v) is 18.6. The molecule has 2 aliphatic heterocycles. The Balaban J connectivity index is 1.46. The van der Waals surface area contributed by atoms with Crippen LogP contribution in [0.5, 0.6) is 0 Å². The number of piperidine rings is 1. The summed E-state index contributed by atoms with van der Waals surface area (Å²) < 4.78 is 16.6. The highest BCUT2D eigenvalue weighted by Crippen LogP contribution is 2.16. The Hall–Kier alpha value is -1.67. The zero-order chi connectivity index (χ0) is 21.0. The van der Waals surface area contributed by atoms with Gasteiger partial charge < -0.3 is 24.4 Å². The van der Waals surface area contributed by atoms with Crippen LogP contribution in [0, 0.1) is 0 Å². The lowest BCUT2D eigenvalue weighted by Gasteiger charge is -2.34. The van der Waals surface area contributed by atoms with Gasteiger partial charge in [0.2, 0.25) is 0 Å². The first-order valence-electron chi connectivity index (χ1n) is 11.2. The van der Waals surface area contributed by atoms with Crippen LogP contribution in [-0.2, 0) is 27.3 Å². The number of nitrogens with one attached hydrogen (secondary N) is 1. The predicted molar refractivity (Wildman–Crippen MR) is 120 cm³/mol. The molecule has 0 amide bonds. The van der Waals surface area contributed by atoms with Crippen molar-refractivity contribution in [2.24, 2.45) is 4.99 Å². The lowest BCUT2D eigenvalue weighted by molar-refractivity contribution is 0.00989. The van der Waals surface area contributed by atoms with Crippen molar-refractivity contribution >= 4 is 5.96 Å². The van der Waals surface area contributed by atoms with Crippen molar-refractivity contribution in [1.29, 1.82) is 0 Å². The summed E-state index contributed by atoms with van der Waals surface area (Å²) in [6, 6.07) is 8.71. The van der Waals surface area contributed by atoms with Crippen molar-refractivity contribution in [3.05, 3.63) is 35.4 Å². The molecule has 0 radical (unpaired) electrons. The molecule has 2 fully saturated rings. The maximum atomic E-state index is 5.98. The fourth-order valence-corrected chi connectivity index (χ4v) is 4.08. The molecule has 2 aliphatic rings. The van der Waals surface area contributed by atoms with E-state index in [9.17, 15) is 0 Å². The second-order valence-electron chi connectivity index (χ2n) is 7.96. The highest BCUT2D eigenvalue weighted by Gasteiger charge is 2.22. The van der Waals surface area contributed by atoms with E-state index in [0.29, 0.717) is 6.10 Å². The molecule has 1 aromatic rings. The van der Waals surface area contributed by atoms with Crippen molar-refractivity contribution < 1.29 is 14.2 Å². The zero-order valence-electron chi connectivity index (χ0n) is 18.6. The first-order valence-corrected chi connectivity index (χ1v) is 11.2. The largest absolute Gasteiger partial charge is 0.385 e. The third kappa shape index (κ3) is 7.23. The van der Waals surface area contributed by atoms with Crippen LogP contribution in [0.3, 0.4) is 0 Å². The Bertz CT molecular complexity index is 641. The third-order valence-electron chi connectivity index (χ3n) is 5.85. The lowest BCUT2D eigenvalue weighted by atomic mass is 10.1. The summed E-state index contributed by atoms with van der Waals surface area (Å²) in [6.45, 7) is 8.95. The van der Waals surface area contributed by atoms with Crippen LogP contribution in [-0.4, -0.2) is 88.6 Å². The molecule has 1 N–H and O–H groups in total. The molecule has 0 bridgehead atoms. The molecule has 0 atom stereocenters. The SMILES string of the molecule is CN=C(NCc1ccccc1CN1CCOCC1)N1CCC(OCCCOC)CC1. The number of methoxy groups -OCH3 is 1. The summed E-state index contributed by atoms with van der Waals surface area (Å²) in [5.74, 6) is 0.981. The van der Waals surface area contributed by atoms with Gasteiger partial charge in [0.15, 0.2) is 5.96 Å².